The van der Waals surface area contributed by atoms with E-state index >= 15 is 0 Å². The van der Waals surface area contributed by atoms with Gasteiger partial charge in [-0.3, -0.25) is 4.79 Å². The van der Waals surface area contributed by atoms with Gasteiger partial charge < -0.3 is 4.74 Å². The van der Waals surface area contributed by atoms with Crippen molar-refractivity contribution < 1.29 is 18.3 Å². The van der Waals surface area contributed by atoms with E-state index in [0.717, 1.165) is 18.9 Å². The lowest BCUT2D eigenvalue weighted by Gasteiger charge is -2.06. The van der Waals surface area contributed by atoms with E-state index in [1.54, 1.807) is 0 Å². The van der Waals surface area contributed by atoms with Crippen LogP contribution >= 0.6 is 0 Å². The molecule has 1 aromatic carbocycles. The Morgan fingerprint density at radius 3 is 2.62 bits per heavy atom. The van der Waals surface area contributed by atoms with Crippen LogP contribution in [0.1, 0.15) is 29.6 Å². The van der Waals surface area contributed by atoms with Crippen LogP contribution in [0.3, 0.4) is 0 Å². The van der Waals surface area contributed by atoms with Crippen molar-refractivity contribution in [3.05, 3.63) is 29.3 Å². The first-order valence-electron chi connectivity index (χ1n) is 5.18. The largest absolute Gasteiger partial charge is 0.494 e. The molecule has 0 N–H and O–H groups in total. The minimum Gasteiger partial charge on any atom is -0.494 e. The summed E-state index contributed by atoms with van der Waals surface area (Å²) >= 11 is 0. The van der Waals surface area contributed by atoms with Gasteiger partial charge in [0.1, 0.15) is 5.82 Å². The SMILES string of the molecule is COc1cc(C(=O)CC2CC2)c(F)cc1F. The number of methoxy groups -OCH3 is 1. The van der Waals surface area contributed by atoms with E-state index in [2.05, 4.69) is 0 Å². The van der Waals surface area contributed by atoms with Crippen LogP contribution in [0.5, 0.6) is 5.75 Å². The summed E-state index contributed by atoms with van der Waals surface area (Å²) in [5, 5.41) is 0. The molecule has 0 unspecified atom stereocenters. The maximum Gasteiger partial charge on any atom is 0.168 e. The average molecular weight is 226 g/mol. The van der Waals surface area contributed by atoms with Crippen molar-refractivity contribution in [3.63, 3.8) is 0 Å². The lowest BCUT2D eigenvalue weighted by atomic mass is 10.0. The lowest BCUT2D eigenvalue weighted by molar-refractivity contribution is 0.0971. The van der Waals surface area contributed by atoms with Gasteiger partial charge >= 0.3 is 0 Å². The van der Waals surface area contributed by atoms with Crippen molar-refractivity contribution in [2.24, 2.45) is 5.92 Å². The summed E-state index contributed by atoms with van der Waals surface area (Å²) < 4.78 is 31.2. The fourth-order valence-corrected chi connectivity index (χ4v) is 1.59. The highest BCUT2D eigenvalue weighted by Crippen LogP contribution is 2.34. The van der Waals surface area contributed by atoms with Crippen LogP contribution < -0.4 is 4.74 Å². The third-order valence-corrected chi connectivity index (χ3v) is 2.71. The molecule has 0 bridgehead atoms. The Kier molecular flexibility index (Phi) is 2.90. The number of benzene rings is 1. The topological polar surface area (TPSA) is 26.3 Å². The van der Waals surface area contributed by atoms with Crippen molar-refractivity contribution >= 4 is 5.78 Å². The first-order chi connectivity index (χ1) is 7.61. The third-order valence-electron chi connectivity index (χ3n) is 2.71. The van der Waals surface area contributed by atoms with Crippen LogP contribution in [0.4, 0.5) is 8.78 Å². The van der Waals surface area contributed by atoms with E-state index in [0.29, 0.717) is 18.4 Å². The Balaban J connectivity index is 2.27. The van der Waals surface area contributed by atoms with Gasteiger partial charge in [-0.1, -0.05) is 0 Å². The van der Waals surface area contributed by atoms with Crippen molar-refractivity contribution in [3.8, 4) is 5.75 Å². The number of hydrogen-bond acceptors (Lipinski definition) is 2. The summed E-state index contributed by atoms with van der Waals surface area (Å²) in [5.41, 5.74) is -0.0786. The van der Waals surface area contributed by atoms with Gasteiger partial charge in [0.2, 0.25) is 0 Å². The number of carbonyl (C=O) groups is 1. The molecule has 0 spiro atoms. The van der Waals surface area contributed by atoms with E-state index in [4.69, 9.17) is 4.74 Å². The number of Topliss-reactive ketones (excluding diaryl/α,β-unsaturated/α-hetero) is 1. The molecule has 1 aromatic rings. The van der Waals surface area contributed by atoms with E-state index in [9.17, 15) is 13.6 Å². The monoisotopic (exact) mass is 226 g/mol. The highest BCUT2D eigenvalue weighted by Gasteiger charge is 2.26. The molecular weight excluding hydrogens is 214 g/mol. The molecular formula is C12H12F2O2. The van der Waals surface area contributed by atoms with E-state index in [-0.39, 0.29) is 17.1 Å². The molecule has 0 radical (unpaired) electrons. The Labute approximate surface area is 92.2 Å². The number of ether oxygens (including phenoxy) is 1. The van der Waals surface area contributed by atoms with E-state index in [1.807, 2.05) is 0 Å². The first kappa shape index (κ1) is 11.0. The van der Waals surface area contributed by atoms with E-state index < -0.39 is 11.6 Å². The molecule has 0 aliphatic heterocycles. The van der Waals surface area contributed by atoms with Gasteiger partial charge in [0.05, 0.1) is 12.7 Å². The van der Waals surface area contributed by atoms with Crippen LogP contribution in [-0.4, -0.2) is 12.9 Å². The first-order valence-corrected chi connectivity index (χ1v) is 5.18. The number of halogens is 2. The zero-order valence-electron chi connectivity index (χ0n) is 8.93. The second kappa shape index (κ2) is 4.20. The summed E-state index contributed by atoms with van der Waals surface area (Å²) in [7, 11) is 1.28. The van der Waals surface area contributed by atoms with Crippen molar-refractivity contribution in [1.29, 1.82) is 0 Å². The Morgan fingerprint density at radius 1 is 1.38 bits per heavy atom. The van der Waals surface area contributed by atoms with Gasteiger partial charge in [-0.2, -0.15) is 0 Å². The predicted octanol–water partition coefficient (Wildman–Crippen LogP) is 2.96. The molecule has 0 amide bonds. The second-order valence-corrected chi connectivity index (χ2v) is 4.04. The van der Waals surface area contributed by atoms with Crippen LogP contribution in [0, 0.1) is 17.6 Å². The number of ketones is 1. The Bertz CT molecular complexity index is 425. The minimum absolute atomic E-state index is 0.0786. The molecule has 0 heterocycles. The molecule has 4 heteroatoms. The van der Waals surface area contributed by atoms with Gasteiger partial charge in [0.15, 0.2) is 17.3 Å². The zero-order valence-corrected chi connectivity index (χ0v) is 8.93. The second-order valence-electron chi connectivity index (χ2n) is 4.04. The van der Waals surface area contributed by atoms with Crippen LogP contribution in [0.2, 0.25) is 0 Å². The highest BCUT2D eigenvalue weighted by molar-refractivity contribution is 5.97. The normalized spacial score (nSPS) is 14.9. The number of rotatable bonds is 4. The van der Waals surface area contributed by atoms with Gasteiger partial charge in [0.25, 0.3) is 0 Å². The fraction of sp³-hybridized carbons (Fsp3) is 0.417. The summed E-state index contributed by atoms with van der Waals surface area (Å²) in [5.74, 6) is -1.60. The van der Waals surface area contributed by atoms with Crippen LogP contribution in [0.15, 0.2) is 12.1 Å². The van der Waals surface area contributed by atoms with Gasteiger partial charge in [-0.05, 0) is 24.8 Å². The van der Waals surface area contributed by atoms with Crippen LogP contribution in [-0.2, 0) is 0 Å². The summed E-state index contributed by atoms with van der Waals surface area (Å²) in [6.07, 6.45) is 2.38. The van der Waals surface area contributed by atoms with Crippen LogP contribution in [0.25, 0.3) is 0 Å². The summed E-state index contributed by atoms with van der Waals surface area (Å²) in [4.78, 5) is 11.7. The molecule has 1 fully saturated rings. The Hall–Kier alpha value is -1.45. The third kappa shape index (κ3) is 2.21. The van der Waals surface area contributed by atoms with E-state index in [1.165, 1.54) is 7.11 Å². The molecule has 86 valence electrons. The molecule has 2 nitrogen and oxygen atoms in total. The van der Waals surface area contributed by atoms with Crippen molar-refractivity contribution in [2.45, 2.75) is 19.3 Å². The average Bonchev–Trinajstić information content (AvgIpc) is 3.01. The molecule has 1 saturated carbocycles. The molecule has 1 aliphatic rings. The number of hydrogen-bond donors (Lipinski definition) is 0. The molecule has 0 aromatic heterocycles. The zero-order chi connectivity index (χ0) is 11.7. The standard InChI is InChI=1S/C12H12F2O2/c1-16-12-5-8(9(13)6-10(12)14)11(15)4-7-2-3-7/h5-7H,2-4H2,1H3. The van der Waals surface area contributed by atoms with Gasteiger partial charge in [-0.25, -0.2) is 8.78 Å². The Morgan fingerprint density at radius 2 is 2.06 bits per heavy atom. The van der Waals surface area contributed by atoms with Gasteiger partial charge in [0, 0.05) is 12.5 Å². The summed E-state index contributed by atoms with van der Waals surface area (Å²) in [6.45, 7) is 0. The smallest absolute Gasteiger partial charge is 0.168 e. The van der Waals surface area contributed by atoms with Crippen molar-refractivity contribution in [1.82, 2.24) is 0 Å². The van der Waals surface area contributed by atoms with Gasteiger partial charge in [-0.15, -0.1) is 0 Å². The molecule has 16 heavy (non-hydrogen) atoms. The quantitative estimate of drug-likeness (QED) is 0.738. The predicted molar refractivity (Wildman–Crippen MR) is 54.6 cm³/mol. The minimum atomic E-state index is -0.816. The lowest BCUT2D eigenvalue weighted by Crippen LogP contribution is -2.05. The molecule has 2 rings (SSSR count). The fourth-order valence-electron chi connectivity index (χ4n) is 1.59. The molecule has 0 saturated heterocycles. The van der Waals surface area contributed by atoms with Crippen molar-refractivity contribution in [2.75, 3.05) is 7.11 Å². The maximum atomic E-state index is 13.4. The molecule has 0 atom stereocenters. The number of carbonyl (C=O) groups excluding carboxylic acids is 1. The summed E-state index contributed by atoms with van der Waals surface area (Å²) in [6, 6.07) is 1.83. The highest BCUT2D eigenvalue weighted by atomic mass is 19.1. The molecule has 1 aliphatic carbocycles. The maximum absolute atomic E-state index is 13.4.